The number of halogens is 1. The zero-order valence-electron chi connectivity index (χ0n) is 14.6. The van der Waals surface area contributed by atoms with E-state index in [-0.39, 0.29) is 5.91 Å². The fourth-order valence-corrected chi connectivity index (χ4v) is 4.02. The Bertz CT molecular complexity index is 991. The second kappa shape index (κ2) is 6.58. The molecule has 26 heavy (non-hydrogen) atoms. The van der Waals surface area contributed by atoms with Gasteiger partial charge in [0.1, 0.15) is 5.69 Å². The lowest BCUT2D eigenvalue weighted by Crippen LogP contribution is -2.36. The number of hydrogen-bond acceptors (Lipinski definition) is 6. The van der Waals surface area contributed by atoms with Gasteiger partial charge in [0.25, 0.3) is 5.91 Å². The largest absolute Gasteiger partial charge is 0.444 e. The van der Waals surface area contributed by atoms with Crippen molar-refractivity contribution >= 4 is 33.6 Å². The lowest BCUT2D eigenvalue weighted by atomic mass is 10.0. The normalized spacial score (nSPS) is 13.9. The van der Waals surface area contributed by atoms with Crippen molar-refractivity contribution in [1.29, 1.82) is 0 Å². The molecule has 0 spiro atoms. The maximum atomic E-state index is 12.7. The first-order valence-electron chi connectivity index (χ1n) is 8.02. The third-order valence-electron chi connectivity index (χ3n) is 4.54. The van der Waals surface area contributed by atoms with Gasteiger partial charge in [0, 0.05) is 38.3 Å². The lowest BCUT2D eigenvalue weighted by molar-refractivity contribution is 0.0700. The standard InChI is InChI=1S/C16H17BrN6O2S/c1-21-14(18-19-16(21)26-3)13-9-8-23(7-6-10(9)22(2)20-13)15(24)11-4-5-12(17)25-11/h4-5H,6-8H2,1-3H3. The molecule has 4 heterocycles. The molecule has 0 fully saturated rings. The van der Waals surface area contributed by atoms with E-state index in [1.165, 1.54) is 11.8 Å². The number of nitrogens with zero attached hydrogens (tertiary/aromatic N) is 6. The molecule has 3 aromatic heterocycles. The average Bonchev–Trinajstić information content (AvgIpc) is 3.32. The van der Waals surface area contributed by atoms with Crippen molar-refractivity contribution in [2.75, 3.05) is 12.8 Å². The van der Waals surface area contributed by atoms with Gasteiger partial charge in [-0.2, -0.15) is 5.10 Å². The SMILES string of the molecule is CSc1nnc(-c2nn(C)c3c2CN(C(=O)c2ccc(Br)o2)CC3)n1C. The molecule has 0 unspecified atom stereocenters. The summed E-state index contributed by atoms with van der Waals surface area (Å²) in [5.74, 6) is 0.911. The number of amides is 1. The fraction of sp³-hybridized carbons (Fsp3) is 0.375. The van der Waals surface area contributed by atoms with Crippen LogP contribution in [-0.2, 0) is 27.1 Å². The molecule has 3 aromatic rings. The molecule has 0 aliphatic carbocycles. The summed E-state index contributed by atoms with van der Waals surface area (Å²) in [4.78, 5) is 14.5. The molecule has 1 amide bonds. The molecular weight excluding hydrogens is 420 g/mol. The molecule has 0 bridgehead atoms. The quantitative estimate of drug-likeness (QED) is 0.586. The van der Waals surface area contributed by atoms with Gasteiger partial charge in [-0.05, 0) is 34.3 Å². The monoisotopic (exact) mass is 436 g/mol. The molecule has 0 atom stereocenters. The number of carbonyl (C=O) groups is 1. The van der Waals surface area contributed by atoms with Crippen LogP contribution in [0, 0.1) is 0 Å². The number of furan rings is 1. The number of carbonyl (C=O) groups excluding carboxylic acids is 1. The van der Waals surface area contributed by atoms with Crippen LogP contribution in [0.5, 0.6) is 0 Å². The van der Waals surface area contributed by atoms with Gasteiger partial charge in [-0.15, -0.1) is 10.2 Å². The third-order valence-corrected chi connectivity index (χ3v) is 5.69. The predicted octanol–water partition coefficient (Wildman–Crippen LogP) is 2.49. The van der Waals surface area contributed by atoms with E-state index in [1.807, 2.05) is 29.6 Å². The zero-order valence-corrected chi connectivity index (χ0v) is 17.0. The van der Waals surface area contributed by atoms with Crippen LogP contribution in [-0.4, -0.2) is 48.2 Å². The van der Waals surface area contributed by atoms with Crippen molar-refractivity contribution < 1.29 is 9.21 Å². The second-order valence-electron chi connectivity index (χ2n) is 6.05. The molecule has 10 heteroatoms. The maximum Gasteiger partial charge on any atom is 0.289 e. The maximum absolute atomic E-state index is 12.7. The van der Waals surface area contributed by atoms with Gasteiger partial charge in [0.15, 0.2) is 21.4 Å². The van der Waals surface area contributed by atoms with Crippen molar-refractivity contribution in [2.45, 2.75) is 18.1 Å². The van der Waals surface area contributed by atoms with E-state index in [1.54, 1.807) is 17.0 Å². The highest BCUT2D eigenvalue weighted by Gasteiger charge is 2.30. The first-order chi connectivity index (χ1) is 12.5. The molecule has 0 saturated carbocycles. The molecule has 136 valence electrons. The van der Waals surface area contributed by atoms with Crippen LogP contribution in [0.2, 0.25) is 0 Å². The van der Waals surface area contributed by atoms with E-state index >= 15 is 0 Å². The van der Waals surface area contributed by atoms with Gasteiger partial charge >= 0.3 is 0 Å². The van der Waals surface area contributed by atoms with Gasteiger partial charge in [-0.3, -0.25) is 9.48 Å². The van der Waals surface area contributed by atoms with Gasteiger partial charge in [0.2, 0.25) is 0 Å². The molecule has 0 N–H and O–H groups in total. The Hall–Kier alpha value is -2.07. The minimum absolute atomic E-state index is 0.126. The highest BCUT2D eigenvalue weighted by molar-refractivity contribution is 9.10. The smallest absolute Gasteiger partial charge is 0.289 e. The Morgan fingerprint density at radius 3 is 2.77 bits per heavy atom. The van der Waals surface area contributed by atoms with Crippen LogP contribution in [0.3, 0.4) is 0 Å². The van der Waals surface area contributed by atoms with Crippen LogP contribution >= 0.6 is 27.7 Å². The summed E-state index contributed by atoms with van der Waals surface area (Å²) in [5.41, 5.74) is 2.91. The first kappa shape index (κ1) is 17.3. The second-order valence-corrected chi connectivity index (χ2v) is 7.60. The number of thioether (sulfide) groups is 1. The minimum atomic E-state index is -0.126. The van der Waals surface area contributed by atoms with E-state index in [4.69, 9.17) is 4.42 Å². The molecule has 1 aliphatic heterocycles. The number of aromatic nitrogens is 5. The molecule has 4 rings (SSSR count). The van der Waals surface area contributed by atoms with E-state index in [0.717, 1.165) is 28.5 Å². The van der Waals surface area contributed by atoms with Crippen molar-refractivity contribution in [3.63, 3.8) is 0 Å². The van der Waals surface area contributed by atoms with E-state index in [0.29, 0.717) is 29.3 Å². The van der Waals surface area contributed by atoms with Crippen LogP contribution in [0.4, 0.5) is 0 Å². The van der Waals surface area contributed by atoms with Crippen molar-refractivity contribution in [3.05, 3.63) is 33.8 Å². The Balaban J connectivity index is 1.70. The van der Waals surface area contributed by atoms with E-state index in [2.05, 4.69) is 31.2 Å². The highest BCUT2D eigenvalue weighted by Crippen LogP contribution is 2.30. The van der Waals surface area contributed by atoms with Gasteiger partial charge in [0.05, 0.1) is 6.54 Å². The Morgan fingerprint density at radius 1 is 1.31 bits per heavy atom. The van der Waals surface area contributed by atoms with Gasteiger partial charge < -0.3 is 13.9 Å². The molecule has 8 nitrogen and oxygen atoms in total. The van der Waals surface area contributed by atoms with Crippen molar-refractivity contribution in [2.24, 2.45) is 14.1 Å². The Kier molecular flexibility index (Phi) is 4.39. The molecular formula is C16H17BrN6O2S. The molecule has 0 aromatic carbocycles. The molecule has 0 saturated heterocycles. The summed E-state index contributed by atoms with van der Waals surface area (Å²) in [6.45, 7) is 1.09. The van der Waals surface area contributed by atoms with Crippen LogP contribution in [0.25, 0.3) is 11.5 Å². The van der Waals surface area contributed by atoms with Crippen LogP contribution in [0.15, 0.2) is 26.4 Å². The van der Waals surface area contributed by atoms with Gasteiger partial charge in [-0.1, -0.05) is 11.8 Å². The van der Waals surface area contributed by atoms with Crippen molar-refractivity contribution in [3.8, 4) is 11.5 Å². The van der Waals surface area contributed by atoms with Gasteiger partial charge in [-0.25, -0.2) is 0 Å². The topological polar surface area (TPSA) is 82.0 Å². The van der Waals surface area contributed by atoms with E-state index < -0.39 is 0 Å². The molecule has 0 radical (unpaired) electrons. The third kappa shape index (κ3) is 2.77. The summed E-state index contributed by atoms with van der Waals surface area (Å²) < 4.78 is 9.77. The number of aryl methyl sites for hydroxylation is 1. The van der Waals surface area contributed by atoms with E-state index in [9.17, 15) is 4.79 Å². The predicted molar refractivity (Wildman–Crippen MR) is 99.8 cm³/mol. The molecule has 1 aliphatic rings. The first-order valence-corrected chi connectivity index (χ1v) is 10.0. The lowest BCUT2D eigenvalue weighted by Gasteiger charge is -2.26. The Morgan fingerprint density at radius 2 is 2.12 bits per heavy atom. The summed E-state index contributed by atoms with van der Waals surface area (Å²) in [6, 6.07) is 3.40. The summed E-state index contributed by atoms with van der Waals surface area (Å²) in [7, 11) is 3.85. The zero-order chi connectivity index (χ0) is 18.4. The average molecular weight is 437 g/mol. The summed E-state index contributed by atoms with van der Waals surface area (Å²) >= 11 is 4.78. The Labute approximate surface area is 162 Å². The fourth-order valence-electron chi connectivity index (χ4n) is 3.23. The summed E-state index contributed by atoms with van der Waals surface area (Å²) in [5, 5.41) is 14.0. The van der Waals surface area contributed by atoms with Crippen LogP contribution < -0.4 is 0 Å². The number of fused-ring (bicyclic) bond motifs is 1. The van der Waals surface area contributed by atoms with Crippen LogP contribution in [0.1, 0.15) is 21.8 Å². The van der Waals surface area contributed by atoms with Crippen molar-refractivity contribution in [1.82, 2.24) is 29.4 Å². The summed E-state index contributed by atoms with van der Waals surface area (Å²) in [6.07, 6.45) is 2.70. The highest BCUT2D eigenvalue weighted by atomic mass is 79.9. The number of hydrogen-bond donors (Lipinski definition) is 0. The number of rotatable bonds is 3. The minimum Gasteiger partial charge on any atom is -0.444 e.